The van der Waals surface area contributed by atoms with E-state index in [4.69, 9.17) is 4.74 Å². The molecule has 0 saturated carbocycles. The maximum atomic E-state index is 13.6. The van der Waals surface area contributed by atoms with Gasteiger partial charge in [0.05, 0.1) is 11.0 Å². The van der Waals surface area contributed by atoms with Crippen molar-refractivity contribution >= 4 is 11.4 Å². The quantitative estimate of drug-likeness (QED) is 0.653. The second-order valence-electron chi connectivity index (χ2n) is 3.89. The largest absolute Gasteiger partial charge is 0.380 e. The van der Waals surface area contributed by atoms with Crippen LogP contribution in [-0.4, -0.2) is 24.2 Å². The van der Waals surface area contributed by atoms with Crippen molar-refractivity contribution in [1.82, 2.24) is 0 Å². The average molecular weight is 260 g/mol. The van der Waals surface area contributed by atoms with E-state index in [-0.39, 0.29) is 6.10 Å². The third-order valence-corrected chi connectivity index (χ3v) is 2.72. The van der Waals surface area contributed by atoms with Gasteiger partial charge >= 0.3 is 0 Å². The van der Waals surface area contributed by atoms with Gasteiger partial charge in [-0.25, -0.2) is 8.78 Å². The summed E-state index contributed by atoms with van der Waals surface area (Å²) in [7, 11) is 1.46. The highest BCUT2D eigenvalue weighted by Gasteiger charge is 2.24. The van der Waals surface area contributed by atoms with Crippen LogP contribution in [0.25, 0.3) is 0 Å². The fourth-order valence-electron chi connectivity index (χ4n) is 1.38. The summed E-state index contributed by atoms with van der Waals surface area (Å²) in [5, 5.41) is 13.3. The summed E-state index contributed by atoms with van der Waals surface area (Å²) in [6, 6.07) is 1.23. The predicted octanol–water partition coefficient (Wildman–Crippen LogP) is 2.71. The van der Waals surface area contributed by atoms with Gasteiger partial charge in [-0.1, -0.05) is 0 Å². The highest BCUT2D eigenvalue weighted by Crippen LogP contribution is 2.30. The zero-order valence-electron chi connectivity index (χ0n) is 10.2. The number of anilines is 1. The van der Waals surface area contributed by atoms with Gasteiger partial charge in [-0.3, -0.25) is 10.1 Å². The molecule has 0 fully saturated rings. The van der Waals surface area contributed by atoms with E-state index in [0.717, 1.165) is 12.1 Å². The number of ether oxygens (including phenoxy) is 1. The zero-order valence-corrected chi connectivity index (χ0v) is 10.2. The lowest BCUT2D eigenvalue weighted by molar-refractivity contribution is -0.384. The molecule has 0 aliphatic rings. The van der Waals surface area contributed by atoms with Crippen LogP contribution in [0.1, 0.15) is 13.8 Å². The third-order valence-electron chi connectivity index (χ3n) is 2.72. The van der Waals surface area contributed by atoms with Crippen LogP contribution in [0.15, 0.2) is 12.1 Å². The first-order valence-electron chi connectivity index (χ1n) is 5.30. The van der Waals surface area contributed by atoms with Crippen molar-refractivity contribution in [1.29, 1.82) is 0 Å². The van der Waals surface area contributed by atoms with Gasteiger partial charge in [0, 0.05) is 19.2 Å². The Bertz CT molecular complexity index is 454. The van der Waals surface area contributed by atoms with Crippen LogP contribution in [0.5, 0.6) is 0 Å². The van der Waals surface area contributed by atoms with E-state index in [1.165, 1.54) is 7.11 Å². The molecule has 100 valence electrons. The predicted molar refractivity (Wildman–Crippen MR) is 62.6 cm³/mol. The molecule has 5 nitrogen and oxygen atoms in total. The van der Waals surface area contributed by atoms with Crippen LogP contribution < -0.4 is 5.32 Å². The second kappa shape index (κ2) is 5.72. The standard InChI is InChI=1S/C11H14F2N2O3/c1-6(7(2)18-3)14-11-9(15(16)17)5-4-8(12)10(11)13/h4-7,14H,1-3H3. The van der Waals surface area contributed by atoms with Crippen molar-refractivity contribution in [3.05, 3.63) is 33.9 Å². The van der Waals surface area contributed by atoms with Crippen molar-refractivity contribution in [2.75, 3.05) is 12.4 Å². The zero-order chi connectivity index (χ0) is 13.9. The van der Waals surface area contributed by atoms with E-state index in [2.05, 4.69) is 5.32 Å². The van der Waals surface area contributed by atoms with Crippen molar-refractivity contribution in [2.45, 2.75) is 26.0 Å². The fraction of sp³-hybridized carbons (Fsp3) is 0.455. The Balaban J connectivity index is 3.13. The Morgan fingerprint density at radius 2 is 2.00 bits per heavy atom. The smallest absolute Gasteiger partial charge is 0.295 e. The lowest BCUT2D eigenvalue weighted by Crippen LogP contribution is -2.30. The number of methoxy groups -OCH3 is 1. The first-order chi connectivity index (χ1) is 8.38. The SMILES string of the molecule is COC(C)C(C)Nc1c([N+](=O)[O-])ccc(F)c1F. The molecule has 0 amide bonds. The highest BCUT2D eigenvalue weighted by molar-refractivity contribution is 5.63. The molecule has 0 aromatic heterocycles. The van der Waals surface area contributed by atoms with Gasteiger partial charge in [-0.2, -0.15) is 0 Å². The molecule has 1 aromatic carbocycles. The Labute approximate surface area is 103 Å². The van der Waals surface area contributed by atoms with Gasteiger partial charge in [-0.15, -0.1) is 0 Å². The molecule has 0 bridgehead atoms. The Morgan fingerprint density at radius 1 is 1.39 bits per heavy atom. The first-order valence-corrected chi connectivity index (χ1v) is 5.30. The summed E-state index contributed by atoms with van der Waals surface area (Å²) in [6.07, 6.45) is -0.313. The van der Waals surface area contributed by atoms with Crippen LogP contribution in [0.2, 0.25) is 0 Å². The summed E-state index contributed by atoms with van der Waals surface area (Å²) in [5.74, 6) is -2.40. The van der Waals surface area contributed by atoms with Gasteiger partial charge in [0.1, 0.15) is 0 Å². The number of nitrogens with one attached hydrogen (secondary N) is 1. The molecule has 1 aromatic rings. The number of benzene rings is 1. The Morgan fingerprint density at radius 3 is 2.50 bits per heavy atom. The molecule has 0 heterocycles. The summed E-state index contributed by atoms with van der Waals surface area (Å²) in [4.78, 5) is 9.98. The minimum absolute atomic E-state index is 0.313. The molecule has 1 rings (SSSR count). The van der Waals surface area contributed by atoms with Crippen molar-refractivity contribution in [3.63, 3.8) is 0 Å². The first kappa shape index (κ1) is 14.3. The number of nitro benzene ring substituents is 1. The molecule has 0 radical (unpaired) electrons. The number of hydrogen-bond acceptors (Lipinski definition) is 4. The molecule has 7 heteroatoms. The monoisotopic (exact) mass is 260 g/mol. The highest BCUT2D eigenvalue weighted by atomic mass is 19.2. The molecule has 18 heavy (non-hydrogen) atoms. The molecular formula is C11H14F2N2O3. The van der Waals surface area contributed by atoms with E-state index in [1.54, 1.807) is 13.8 Å². The van der Waals surface area contributed by atoms with E-state index in [0.29, 0.717) is 0 Å². The van der Waals surface area contributed by atoms with E-state index < -0.39 is 34.0 Å². The molecule has 2 unspecified atom stereocenters. The molecule has 1 N–H and O–H groups in total. The van der Waals surface area contributed by atoms with Gasteiger partial charge in [0.2, 0.25) is 0 Å². The number of nitrogens with zero attached hydrogens (tertiary/aromatic N) is 1. The molecule has 0 saturated heterocycles. The molecule has 0 aliphatic heterocycles. The minimum atomic E-state index is -1.26. The fourth-order valence-corrected chi connectivity index (χ4v) is 1.38. The van der Waals surface area contributed by atoms with Gasteiger partial charge in [-0.05, 0) is 19.9 Å². The Kier molecular flexibility index (Phi) is 4.55. The minimum Gasteiger partial charge on any atom is -0.380 e. The maximum absolute atomic E-state index is 13.6. The van der Waals surface area contributed by atoms with Gasteiger partial charge in [0.15, 0.2) is 17.3 Å². The van der Waals surface area contributed by atoms with Crippen LogP contribution in [0.3, 0.4) is 0 Å². The van der Waals surface area contributed by atoms with Crippen LogP contribution >= 0.6 is 0 Å². The normalized spacial score (nSPS) is 14.1. The molecule has 0 spiro atoms. The van der Waals surface area contributed by atoms with E-state index >= 15 is 0 Å². The lowest BCUT2D eigenvalue weighted by atomic mass is 10.1. The van der Waals surface area contributed by atoms with Crippen LogP contribution in [0, 0.1) is 21.7 Å². The third kappa shape index (κ3) is 2.92. The molecular weight excluding hydrogens is 246 g/mol. The van der Waals surface area contributed by atoms with E-state index in [1.807, 2.05) is 0 Å². The van der Waals surface area contributed by atoms with Gasteiger partial charge in [0.25, 0.3) is 5.69 Å². The van der Waals surface area contributed by atoms with Crippen LogP contribution in [0.4, 0.5) is 20.2 Å². The summed E-state index contributed by atoms with van der Waals surface area (Å²) in [6.45, 7) is 3.36. The topological polar surface area (TPSA) is 64.4 Å². The second-order valence-corrected chi connectivity index (χ2v) is 3.89. The van der Waals surface area contributed by atoms with Crippen LogP contribution in [-0.2, 0) is 4.74 Å². The van der Waals surface area contributed by atoms with E-state index in [9.17, 15) is 18.9 Å². The summed E-state index contributed by atoms with van der Waals surface area (Å²) in [5.41, 5.74) is -0.972. The summed E-state index contributed by atoms with van der Waals surface area (Å²) >= 11 is 0. The van der Waals surface area contributed by atoms with Crippen molar-refractivity contribution in [3.8, 4) is 0 Å². The maximum Gasteiger partial charge on any atom is 0.295 e. The van der Waals surface area contributed by atoms with Crippen molar-refractivity contribution in [2.24, 2.45) is 0 Å². The molecule has 2 atom stereocenters. The van der Waals surface area contributed by atoms with Gasteiger partial charge < -0.3 is 10.1 Å². The number of nitro groups is 1. The number of rotatable bonds is 5. The van der Waals surface area contributed by atoms with Crippen molar-refractivity contribution < 1.29 is 18.4 Å². The lowest BCUT2D eigenvalue weighted by Gasteiger charge is -2.21. The molecule has 0 aliphatic carbocycles. The Hall–Kier alpha value is -1.76. The number of halogens is 2. The number of hydrogen-bond donors (Lipinski definition) is 1. The average Bonchev–Trinajstić information content (AvgIpc) is 2.33. The summed E-state index contributed by atoms with van der Waals surface area (Å²) < 4.78 is 31.7.